The summed E-state index contributed by atoms with van der Waals surface area (Å²) in [4.78, 5) is 30.2. The minimum Gasteiger partial charge on any atom is -0.373 e. The molecule has 1 heterocycles. The van der Waals surface area contributed by atoms with Gasteiger partial charge in [0.25, 0.3) is 5.56 Å². The minimum absolute atomic E-state index is 0.000858. The van der Waals surface area contributed by atoms with Crippen LogP contribution in [0.4, 0.5) is 14.5 Å². The smallest absolute Gasteiger partial charge is 0.251 e. The highest BCUT2D eigenvalue weighted by atomic mass is 32.2. The second-order valence-electron chi connectivity index (χ2n) is 5.37. The quantitative estimate of drug-likeness (QED) is 0.579. The van der Waals surface area contributed by atoms with Crippen molar-refractivity contribution in [3.05, 3.63) is 51.9 Å². The Kier molecular flexibility index (Phi) is 6.65. The fourth-order valence-electron chi connectivity index (χ4n) is 1.78. The van der Waals surface area contributed by atoms with Crippen molar-refractivity contribution in [3.8, 4) is 0 Å². The van der Waals surface area contributed by atoms with Crippen LogP contribution < -0.4 is 10.9 Å². The molecule has 0 bridgehead atoms. The van der Waals surface area contributed by atoms with Gasteiger partial charge in [-0.15, -0.1) is 0 Å². The lowest BCUT2D eigenvalue weighted by atomic mass is 10.3. The van der Waals surface area contributed by atoms with Crippen LogP contribution in [0.2, 0.25) is 0 Å². The number of anilines is 1. The van der Waals surface area contributed by atoms with Crippen LogP contribution in [-0.4, -0.2) is 27.7 Å². The zero-order valence-electron chi connectivity index (χ0n) is 13.6. The van der Waals surface area contributed by atoms with Crippen LogP contribution in [0, 0.1) is 11.6 Å². The molecule has 0 atom stereocenters. The van der Waals surface area contributed by atoms with Crippen LogP contribution in [0.15, 0.2) is 34.2 Å². The maximum absolute atomic E-state index is 13.1. The summed E-state index contributed by atoms with van der Waals surface area (Å²) in [5, 5.41) is 2.71. The molecule has 6 nitrogen and oxygen atoms in total. The van der Waals surface area contributed by atoms with Gasteiger partial charge in [-0.3, -0.25) is 9.59 Å². The number of nitrogens with one attached hydrogen (secondary N) is 2. The first-order valence-corrected chi connectivity index (χ1v) is 8.41. The van der Waals surface area contributed by atoms with Crippen molar-refractivity contribution in [2.75, 3.05) is 11.1 Å². The van der Waals surface area contributed by atoms with E-state index in [1.807, 2.05) is 13.8 Å². The second kappa shape index (κ2) is 8.72. The molecule has 0 saturated carbocycles. The molecule has 1 aromatic heterocycles. The molecule has 0 aliphatic heterocycles. The van der Waals surface area contributed by atoms with E-state index in [1.165, 1.54) is 12.1 Å². The van der Waals surface area contributed by atoms with Gasteiger partial charge >= 0.3 is 0 Å². The molecule has 0 aliphatic carbocycles. The van der Waals surface area contributed by atoms with Gasteiger partial charge in [0.1, 0.15) is 0 Å². The first kappa shape index (κ1) is 19.1. The van der Waals surface area contributed by atoms with Gasteiger partial charge in [0.05, 0.1) is 24.2 Å². The van der Waals surface area contributed by atoms with Gasteiger partial charge in [-0.1, -0.05) is 11.8 Å². The molecule has 2 rings (SSSR count). The van der Waals surface area contributed by atoms with Crippen molar-refractivity contribution in [1.82, 2.24) is 9.97 Å². The Balaban J connectivity index is 1.94. The SMILES string of the molecule is CC(C)OCc1cc(=O)[nH]c(SCC(=O)Nc2ccc(F)c(F)c2)n1. The van der Waals surface area contributed by atoms with Crippen LogP contribution in [0.1, 0.15) is 19.5 Å². The number of carbonyl (C=O) groups excluding carboxylic acids is 1. The van der Waals surface area contributed by atoms with Crippen molar-refractivity contribution in [2.45, 2.75) is 31.7 Å². The Morgan fingerprint density at radius 2 is 2.08 bits per heavy atom. The molecule has 0 saturated heterocycles. The van der Waals surface area contributed by atoms with Gasteiger partial charge < -0.3 is 15.0 Å². The third-order valence-electron chi connectivity index (χ3n) is 2.88. The van der Waals surface area contributed by atoms with Crippen LogP contribution in [0.3, 0.4) is 0 Å². The highest BCUT2D eigenvalue weighted by molar-refractivity contribution is 7.99. The number of hydrogen-bond donors (Lipinski definition) is 2. The van der Waals surface area contributed by atoms with Gasteiger partial charge in [0.2, 0.25) is 5.91 Å². The third kappa shape index (κ3) is 6.28. The molecule has 9 heteroatoms. The molecular weight excluding hydrogens is 352 g/mol. The monoisotopic (exact) mass is 369 g/mol. The predicted molar refractivity (Wildman–Crippen MR) is 90.5 cm³/mol. The minimum atomic E-state index is -1.05. The number of aromatic nitrogens is 2. The molecule has 25 heavy (non-hydrogen) atoms. The van der Waals surface area contributed by atoms with Crippen LogP contribution in [0.25, 0.3) is 0 Å². The van der Waals surface area contributed by atoms with Crippen molar-refractivity contribution >= 4 is 23.4 Å². The molecule has 0 spiro atoms. The second-order valence-corrected chi connectivity index (χ2v) is 6.33. The molecule has 1 aromatic carbocycles. The number of nitrogens with zero attached hydrogens (tertiary/aromatic N) is 1. The Bertz CT molecular complexity index is 811. The molecule has 134 valence electrons. The Labute approximate surface area is 147 Å². The predicted octanol–water partition coefficient (Wildman–Crippen LogP) is 2.70. The summed E-state index contributed by atoms with van der Waals surface area (Å²) in [5.74, 6) is -2.54. The lowest BCUT2D eigenvalue weighted by molar-refractivity contribution is -0.113. The van der Waals surface area contributed by atoms with Crippen molar-refractivity contribution in [3.63, 3.8) is 0 Å². The van der Waals surface area contributed by atoms with Crippen LogP contribution in [-0.2, 0) is 16.1 Å². The summed E-state index contributed by atoms with van der Waals surface area (Å²) in [6.07, 6.45) is -0.000858. The largest absolute Gasteiger partial charge is 0.373 e. The third-order valence-corrected chi connectivity index (χ3v) is 3.75. The number of amides is 1. The maximum Gasteiger partial charge on any atom is 0.251 e. The van der Waals surface area contributed by atoms with E-state index in [9.17, 15) is 18.4 Å². The lowest BCUT2D eigenvalue weighted by Gasteiger charge is -2.08. The molecule has 0 aliphatic rings. The van der Waals surface area contributed by atoms with Gasteiger partial charge in [0.15, 0.2) is 16.8 Å². The van der Waals surface area contributed by atoms with Gasteiger partial charge in [-0.2, -0.15) is 0 Å². The molecule has 0 unspecified atom stereocenters. The number of carbonyl (C=O) groups is 1. The van der Waals surface area contributed by atoms with Gasteiger partial charge in [-0.25, -0.2) is 13.8 Å². The molecule has 0 fully saturated rings. The normalized spacial score (nSPS) is 10.9. The topological polar surface area (TPSA) is 84.1 Å². The Morgan fingerprint density at radius 1 is 1.32 bits per heavy atom. The van der Waals surface area contributed by atoms with Gasteiger partial charge in [0, 0.05) is 17.8 Å². The summed E-state index contributed by atoms with van der Waals surface area (Å²) >= 11 is 1.02. The van der Waals surface area contributed by atoms with Gasteiger partial charge in [-0.05, 0) is 26.0 Å². The number of rotatable bonds is 7. The fraction of sp³-hybridized carbons (Fsp3) is 0.312. The molecule has 0 radical (unpaired) electrons. The number of H-pyrrole nitrogens is 1. The molecule has 2 N–H and O–H groups in total. The number of ether oxygens (including phenoxy) is 1. The number of halogens is 2. The number of hydrogen-bond acceptors (Lipinski definition) is 5. The van der Waals surface area contributed by atoms with E-state index in [0.717, 1.165) is 23.9 Å². The summed E-state index contributed by atoms with van der Waals surface area (Å²) < 4.78 is 31.3. The van der Waals surface area contributed by atoms with Crippen LogP contribution >= 0.6 is 11.8 Å². The zero-order chi connectivity index (χ0) is 18.4. The van der Waals surface area contributed by atoms with E-state index in [2.05, 4.69) is 15.3 Å². The molecule has 2 aromatic rings. The Morgan fingerprint density at radius 3 is 2.76 bits per heavy atom. The maximum atomic E-state index is 13.1. The average molecular weight is 369 g/mol. The summed E-state index contributed by atoms with van der Waals surface area (Å²) in [6, 6.07) is 4.40. The van der Waals surface area contributed by atoms with E-state index in [-0.39, 0.29) is 34.9 Å². The number of thioether (sulfide) groups is 1. The zero-order valence-corrected chi connectivity index (χ0v) is 14.5. The number of aromatic amines is 1. The summed E-state index contributed by atoms with van der Waals surface area (Å²) in [6.45, 7) is 3.92. The van der Waals surface area contributed by atoms with E-state index in [4.69, 9.17) is 4.74 Å². The van der Waals surface area contributed by atoms with Crippen LogP contribution in [0.5, 0.6) is 0 Å². The standard InChI is InChI=1S/C16H17F2N3O3S/c1-9(2)24-7-11-6-14(22)21-16(20-11)25-8-15(23)19-10-3-4-12(17)13(18)5-10/h3-6,9H,7-8H2,1-2H3,(H,19,23)(H,20,21,22). The highest BCUT2D eigenvalue weighted by Gasteiger charge is 2.09. The highest BCUT2D eigenvalue weighted by Crippen LogP contribution is 2.15. The first-order valence-electron chi connectivity index (χ1n) is 7.43. The molecular formula is C16H17F2N3O3S. The first-order chi connectivity index (χ1) is 11.8. The van der Waals surface area contributed by atoms with E-state index in [1.54, 1.807) is 0 Å². The van der Waals surface area contributed by atoms with Crippen molar-refractivity contribution < 1.29 is 18.3 Å². The average Bonchev–Trinajstić information content (AvgIpc) is 2.54. The Hall–Kier alpha value is -2.26. The van der Waals surface area contributed by atoms with Crippen molar-refractivity contribution in [2.24, 2.45) is 0 Å². The summed E-state index contributed by atoms with van der Waals surface area (Å²) in [5.41, 5.74) is 0.256. The summed E-state index contributed by atoms with van der Waals surface area (Å²) in [7, 11) is 0. The van der Waals surface area contributed by atoms with E-state index >= 15 is 0 Å². The fourth-order valence-corrected chi connectivity index (χ4v) is 2.48. The number of benzene rings is 1. The lowest BCUT2D eigenvalue weighted by Crippen LogP contribution is -2.16. The van der Waals surface area contributed by atoms with Crippen molar-refractivity contribution in [1.29, 1.82) is 0 Å². The molecule has 1 amide bonds. The van der Waals surface area contributed by atoms with E-state index < -0.39 is 17.5 Å². The van der Waals surface area contributed by atoms with E-state index in [0.29, 0.717) is 5.69 Å².